The van der Waals surface area contributed by atoms with Crippen LogP contribution in [0.15, 0.2) is 0 Å². The van der Waals surface area contributed by atoms with Gasteiger partial charge in [-0.25, -0.2) is 0 Å². The molecule has 0 fully saturated rings. The van der Waals surface area contributed by atoms with Crippen molar-refractivity contribution in [1.29, 1.82) is 0 Å². The van der Waals surface area contributed by atoms with Gasteiger partial charge in [-0.05, 0) is 6.42 Å². The first-order valence-corrected chi connectivity index (χ1v) is 6.07. The highest BCUT2D eigenvalue weighted by molar-refractivity contribution is 8.16. The molecule has 0 saturated carbocycles. The molecule has 0 aromatic rings. The molecule has 0 aromatic heterocycles. The maximum Gasteiger partial charge on any atom is 0.0980 e. The molecular weight excluding hydrogens is 204 g/mol. The normalized spacial score (nSPS) is 12.0. The van der Waals surface area contributed by atoms with Gasteiger partial charge in [0.05, 0.1) is 3.41 Å². The molecule has 12 heavy (non-hydrogen) atoms. The molecule has 0 spiro atoms. The third-order valence-corrected chi connectivity index (χ3v) is 2.54. The van der Waals surface area contributed by atoms with Crippen LogP contribution < -0.4 is 0 Å². The molecule has 0 radical (unpaired) electrons. The number of unbranched alkanes of at least 4 members (excludes halogenated alkanes) is 5. The molecule has 0 N–H and O–H groups in total. The van der Waals surface area contributed by atoms with Gasteiger partial charge in [0.1, 0.15) is 0 Å². The van der Waals surface area contributed by atoms with Crippen molar-refractivity contribution in [3.63, 3.8) is 0 Å². The summed E-state index contributed by atoms with van der Waals surface area (Å²) < 4.78 is -0.370. The van der Waals surface area contributed by atoms with E-state index >= 15 is 0 Å². The first kappa shape index (κ1) is 13.1. The summed E-state index contributed by atoms with van der Waals surface area (Å²) in [5.41, 5.74) is 0. The van der Waals surface area contributed by atoms with Crippen LogP contribution in [0.2, 0.25) is 0 Å². The lowest BCUT2D eigenvalue weighted by Crippen LogP contribution is -2.01. The highest BCUT2D eigenvalue weighted by Crippen LogP contribution is 2.30. The average molecular weight is 224 g/mol. The van der Waals surface area contributed by atoms with E-state index in [4.69, 9.17) is 0 Å². The molecule has 0 aliphatic rings. The van der Waals surface area contributed by atoms with Crippen molar-refractivity contribution in [2.45, 2.75) is 55.3 Å². The summed E-state index contributed by atoms with van der Waals surface area (Å²) in [5, 5.41) is 0. The van der Waals surface area contributed by atoms with Crippen LogP contribution in [-0.4, -0.2) is 3.41 Å². The van der Waals surface area contributed by atoms with Crippen molar-refractivity contribution in [2.75, 3.05) is 0 Å². The average Bonchev–Trinajstić information content (AvgIpc) is 1.94. The van der Waals surface area contributed by atoms with Crippen molar-refractivity contribution in [2.24, 2.45) is 0 Å². The Kier molecular flexibility index (Phi) is 8.11. The lowest BCUT2D eigenvalue weighted by molar-refractivity contribution is 0.597. The molecule has 0 rings (SSSR count). The van der Waals surface area contributed by atoms with Gasteiger partial charge in [-0.2, -0.15) is 37.9 Å². The topological polar surface area (TPSA) is 0 Å². The molecule has 74 valence electrons. The Hall–Kier alpha value is 1.05. The van der Waals surface area contributed by atoms with E-state index in [9.17, 15) is 0 Å². The molecule has 0 heterocycles. The van der Waals surface area contributed by atoms with Crippen molar-refractivity contribution < 1.29 is 0 Å². The zero-order valence-corrected chi connectivity index (χ0v) is 10.5. The van der Waals surface area contributed by atoms with Gasteiger partial charge in [0.2, 0.25) is 0 Å². The van der Waals surface area contributed by atoms with E-state index in [1.54, 1.807) is 0 Å². The standard InChI is InChI=1S/C9H20S3/c1-2-3-4-5-6-7-8-9(10,11)12/h10-12H,2-8H2,1H3. The highest BCUT2D eigenvalue weighted by Gasteiger charge is 2.11. The Morgan fingerprint density at radius 2 is 1.33 bits per heavy atom. The van der Waals surface area contributed by atoms with Gasteiger partial charge in [-0.1, -0.05) is 45.4 Å². The molecule has 0 aromatic carbocycles. The summed E-state index contributed by atoms with van der Waals surface area (Å²) in [4.78, 5) is 0. The predicted molar refractivity (Wildman–Crippen MR) is 67.7 cm³/mol. The van der Waals surface area contributed by atoms with Gasteiger partial charge in [0, 0.05) is 0 Å². The van der Waals surface area contributed by atoms with Gasteiger partial charge in [0.15, 0.2) is 0 Å². The lowest BCUT2D eigenvalue weighted by Gasteiger charge is -2.14. The molecule has 0 aliphatic carbocycles. The molecule has 0 bridgehead atoms. The second-order valence-corrected chi connectivity index (χ2v) is 6.64. The zero-order chi connectivity index (χ0) is 9.45. The fourth-order valence-corrected chi connectivity index (χ4v) is 1.62. The van der Waals surface area contributed by atoms with Crippen molar-refractivity contribution in [3.05, 3.63) is 0 Å². The summed E-state index contributed by atoms with van der Waals surface area (Å²) in [6, 6.07) is 0. The molecule has 0 unspecified atom stereocenters. The zero-order valence-electron chi connectivity index (χ0n) is 7.79. The summed E-state index contributed by atoms with van der Waals surface area (Å²) in [6.07, 6.45) is 8.87. The number of hydrogen-bond acceptors (Lipinski definition) is 3. The fourth-order valence-electron chi connectivity index (χ4n) is 1.14. The first-order valence-electron chi connectivity index (χ1n) is 4.73. The van der Waals surface area contributed by atoms with E-state index in [1.165, 1.54) is 38.5 Å². The van der Waals surface area contributed by atoms with E-state index in [0.29, 0.717) is 0 Å². The van der Waals surface area contributed by atoms with Gasteiger partial charge in [0.25, 0.3) is 0 Å². The molecular formula is C9H20S3. The Morgan fingerprint density at radius 1 is 0.833 bits per heavy atom. The van der Waals surface area contributed by atoms with Crippen LogP contribution >= 0.6 is 37.9 Å². The Bertz CT molecular complexity index is 96.4. The second kappa shape index (κ2) is 7.45. The third-order valence-electron chi connectivity index (χ3n) is 1.87. The van der Waals surface area contributed by atoms with E-state index in [-0.39, 0.29) is 3.41 Å². The summed E-state index contributed by atoms with van der Waals surface area (Å²) in [7, 11) is 0. The van der Waals surface area contributed by atoms with Crippen LogP contribution in [0.3, 0.4) is 0 Å². The predicted octanol–water partition coefficient (Wildman–Crippen LogP) is 4.18. The maximum atomic E-state index is 4.23. The van der Waals surface area contributed by atoms with Crippen LogP contribution in [0.4, 0.5) is 0 Å². The smallest absolute Gasteiger partial charge is 0.0980 e. The molecule has 0 saturated heterocycles. The molecule has 0 nitrogen and oxygen atoms in total. The van der Waals surface area contributed by atoms with Crippen molar-refractivity contribution in [1.82, 2.24) is 0 Å². The Balaban J connectivity index is 3.01. The molecule has 0 amide bonds. The first-order chi connectivity index (χ1) is 5.56. The van der Waals surface area contributed by atoms with Crippen LogP contribution in [0.1, 0.15) is 51.9 Å². The number of hydrogen-bond donors (Lipinski definition) is 3. The number of rotatable bonds is 7. The van der Waals surface area contributed by atoms with E-state index in [2.05, 4.69) is 44.8 Å². The van der Waals surface area contributed by atoms with E-state index in [1.807, 2.05) is 0 Å². The molecule has 0 atom stereocenters. The van der Waals surface area contributed by atoms with E-state index < -0.39 is 0 Å². The minimum atomic E-state index is -0.370. The van der Waals surface area contributed by atoms with Gasteiger partial charge < -0.3 is 0 Å². The largest absolute Gasteiger partial charge is 0.151 e. The molecule has 3 heteroatoms. The quantitative estimate of drug-likeness (QED) is 0.322. The van der Waals surface area contributed by atoms with Crippen LogP contribution in [0.25, 0.3) is 0 Å². The fraction of sp³-hybridized carbons (Fsp3) is 1.00. The SMILES string of the molecule is CCCCCCCCC(S)(S)S. The summed E-state index contributed by atoms with van der Waals surface area (Å²) in [5.74, 6) is 0. The van der Waals surface area contributed by atoms with Crippen molar-refractivity contribution >= 4 is 37.9 Å². The lowest BCUT2D eigenvalue weighted by atomic mass is 10.1. The highest BCUT2D eigenvalue weighted by atomic mass is 32.2. The Morgan fingerprint density at radius 3 is 1.83 bits per heavy atom. The third kappa shape index (κ3) is 11.1. The Labute approximate surface area is 93.1 Å². The van der Waals surface area contributed by atoms with Crippen LogP contribution in [0, 0.1) is 0 Å². The number of thiol groups is 3. The molecule has 0 aliphatic heterocycles. The van der Waals surface area contributed by atoms with Gasteiger partial charge >= 0.3 is 0 Å². The maximum absolute atomic E-state index is 4.23. The van der Waals surface area contributed by atoms with Crippen LogP contribution in [0.5, 0.6) is 0 Å². The minimum absolute atomic E-state index is 0.370. The van der Waals surface area contributed by atoms with E-state index in [0.717, 1.165) is 6.42 Å². The van der Waals surface area contributed by atoms with Gasteiger partial charge in [-0.3, -0.25) is 0 Å². The second-order valence-electron chi connectivity index (χ2n) is 3.29. The van der Waals surface area contributed by atoms with Crippen LogP contribution in [-0.2, 0) is 0 Å². The summed E-state index contributed by atoms with van der Waals surface area (Å²) in [6.45, 7) is 2.24. The monoisotopic (exact) mass is 224 g/mol. The minimum Gasteiger partial charge on any atom is -0.151 e. The van der Waals surface area contributed by atoms with Gasteiger partial charge in [-0.15, -0.1) is 0 Å². The van der Waals surface area contributed by atoms with Crippen molar-refractivity contribution in [3.8, 4) is 0 Å². The summed E-state index contributed by atoms with van der Waals surface area (Å²) >= 11 is 12.7.